The van der Waals surface area contributed by atoms with E-state index in [0.29, 0.717) is 99.0 Å². The number of phenols is 1. The average molecular weight is 968 g/mol. The number of nitrogens with zero attached hydrogens (tertiary/aromatic N) is 5. The Labute approximate surface area is 359 Å². The van der Waals surface area contributed by atoms with Gasteiger partial charge in [0, 0.05) is 82.0 Å². The van der Waals surface area contributed by atoms with Crippen LogP contribution in [0.2, 0.25) is 0 Å². The molecule has 6 amide bonds. The van der Waals surface area contributed by atoms with Crippen molar-refractivity contribution in [2.24, 2.45) is 5.73 Å². The molecule has 2 atom stereocenters. The Kier molecular flexibility index (Phi) is 16.5. The lowest BCUT2D eigenvalue weighted by Gasteiger charge is -2.40. The third-order valence-corrected chi connectivity index (χ3v) is 11.6. The first-order valence-electron chi connectivity index (χ1n) is 19.2. The van der Waals surface area contributed by atoms with Crippen LogP contribution < -0.4 is 26.6 Å². The number of amides is 6. The van der Waals surface area contributed by atoms with Gasteiger partial charge in [-0.3, -0.25) is 14.6 Å². The van der Waals surface area contributed by atoms with Crippen molar-refractivity contribution in [1.29, 1.82) is 0 Å². The summed E-state index contributed by atoms with van der Waals surface area (Å²) in [5.41, 5.74) is 9.38. The number of aromatic nitrogens is 1. The number of fused-ring (bicyclic) bond motifs is 1. The molecule has 3 aromatic rings. The van der Waals surface area contributed by atoms with E-state index in [4.69, 9.17) is 25.0 Å². The Morgan fingerprint density at radius 1 is 0.898 bits per heavy atom. The number of aromatic hydroxyl groups is 1. The lowest BCUT2D eigenvalue weighted by Crippen LogP contribution is -2.59. The number of carbonyl (C=O) groups is 4. The zero-order valence-electron chi connectivity index (χ0n) is 32.3. The van der Waals surface area contributed by atoms with Crippen molar-refractivity contribution in [3.05, 3.63) is 81.0 Å². The highest BCUT2D eigenvalue weighted by atomic mass is 79.9. The molecule has 3 aliphatic heterocycles. The molecule has 59 heavy (non-hydrogen) atoms. The van der Waals surface area contributed by atoms with Gasteiger partial charge in [0.15, 0.2) is 0 Å². The number of para-hydroxylation sites is 1. The summed E-state index contributed by atoms with van der Waals surface area (Å²) in [6.45, 7) is 4.07. The van der Waals surface area contributed by atoms with Crippen LogP contribution in [0.1, 0.15) is 43.2 Å². The topological polar surface area (TPSA) is 254 Å². The first-order valence-corrected chi connectivity index (χ1v) is 22.4. The Morgan fingerprint density at radius 3 is 2.15 bits per heavy atom. The predicted molar refractivity (Wildman–Crippen MR) is 227 cm³/mol. The van der Waals surface area contributed by atoms with Crippen LogP contribution in [0.15, 0.2) is 69.9 Å². The molecule has 21 heteroatoms. The normalized spacial score (nSPS) is 16.9. The summed E-state index contributed by atoms with van der Waals surface area (Å²) >= 11 is 6.74. The number of piperazine rings is 1. The largest absolute Gasteiger partial charge is 0.506 e. The van der Waals surface area contributed by atoms with Gasteiger partial charge in [0.05, 0.1) is 8.95 Å². The van der Waals surface area contributed by atoms with E-state index in [1.165, 1.54) is 0 Å². The molecule has 0 spiro atoms. The SMILES string of the molecule is NCCCC[C@H](NC(=O)[C@@H](Cc1cc(Br)c(O)c(Br)c1)NC(=O)N1CCC(N2Cc3ccccc3NC2=O)CC1)C(=O)N1CCN(c2ccncc2)CC1.O=P(O)(O)O. The van der Waals surface area contributed by atoms with Crippen molar-refractivity contribution >= 4 is 74.9 Å². The zero-order chi connectivity index (χ0) is 42.7. The molecule has 0 aliphatic carbocycles. The molecule has 18 nitrogen and oxygen atoms in total. The lowest BCUT2D eigenvalue weighted by atomic mass is 10.0. The highest BCUT2D eigenvalue weighted by molar-refractivity contribution is 9.11. The standard InChI is InChI=1S/C38H47Br2N9O5.H3O4P/c39-29-21-25(22-30(40)34(29)50)23-33(45-37(53)48-15-10-28(11-16-48)49-24-26-5-1-2-6-31(26)44-38(49)54)35(51)43-32(7-3-4-12-41)36(52)47-19-17-46(18-20-47)27-8-13-42-14-9-27;1-5(2,3)4/h1-2,5-6,8-9,13-14,21-22,28,32-33,50H,3-4,7,10-12,15-20,23-24,41H2,(H,43,51)(H,44,54)(H,45,53);(H3,1,2,3,4)/t32-,33+;/m0./s1. The smallest absolute Gasteiger partial charge is 0.466 e. The molecule has 2 saturated heterocycles. The summed E-state index contributed by atoms with van der Waals surface area (Å²) in [7, 11) is -4.64. The van der Waals surface area contributed by atoms with Gasteiger partial charge in [-0.25, -0.2) is 14.2 Å². The minimum atomic E-state index is -4.64. The van der Waals surface area contributed by atoms with Crippen molar-refractivity contribution in [3.63, 3.8) is 0 Å². The second-order valence-electron chi connectivity index (χ2n) is 14.4. The fraction of sp³-hybridized carbons (Fsp3) is 0.447. The van der Waals surface area contributed by atoms with Crippen LogP contribution >= 0.6 is 39.7 Å². The molecule has 0 bridgehead atoms. The molecule has 1 aromatic heterocycles. The number of urea groups is 2. The predicted octanol–water partition coefficient (Wildman–Crippen LogP) is 3.48. The van der Waals surface area contributed by atoms with Gasteiger partial charge in [0.2, 0.25) is 11.8 Å². The number of hydrogen-bond acceptors (Lipinski definition) is 9. The van der Waals surface area contributed by atoms with E-state index in [1.54, 1.807) is 34.3 Å². The van der Waals surface area contributed by atoms with E-state index >= 15 is 0 Å². The van der Waals surface area contributed by atoms with E-state index < -0.39 is 31.8 Å². The Bertz CT molecular complexity index is 1950. The molecule has 320 valence electrons. The molecule has 9 N–H and O–H groups in total. The van der Waals surface area contributed by atoms with Crippen molar-refractivity contribution < 1.29 is 43.5 Å². The molecular weight excluding hydrogens is 917 g/mol. The van der Waals surface area contributed by atoms with Crippen molar-refractivity contribution in [1.82, 2.24) is 30.3 Å². The number of phenolic OH excluding ortho intramolecular Hbond substituents is 1. The van der Waals surface area contributed by atoms with Crippen molar-refractivity contribution in [2.75, 3.05) is 56.0 Å². The van der Waals surface area contributed by atoms with Gasteiger partial charge in [-0.05, 0) is 112 Å². The highest BCUT2D eigenvalue weighted by Gasteiger charge is 2.35. The number of likely N-dealkylation sites (tertiary alicyclic amines) is 1. The molecule has 0 saturated carbocycles. The first-order chi connectivity index (χ1) is 28.1. The van der Waals surface area contributed by atoms with Crippen LogP contribution in [0.25, 0.3) is 0 Å². The van der Waals surface area contributed by atoms with Crippen LogP contribution in [0.4, 0.5) is 21.0 Å². The first kappa shape index (κ1) is 45.8. The molecule has 0 radical (unpaired) electrons. The molecule has 6 rings (SSSR count). The zero-order valence-corrected chi connectivity index (χ0v) is 36.3. The number of rotatable bonds is 12. The molecule has 0 unspecified atom stereocenters. The number of piperidine rings is 1. The average Bonchev–Trinajstić information content (AvgIpc) is 3.21. The maximum atomic E-state index is 14.2. The number of unbranched alkanes of at least 4 members (excludes halogenated alkanes) is 1. The number of pyridine rings is 1. The number of hydrogen-bond donors (Lipinski definition) is 8. The minimum absolute atomic E-state index is 0.0205. The van der Waals surface area contributed by atoms with Gasteiger partial charge in [-0.1, -0.05) is 18.2 Å². The number of benzene rings is 2. The quantitative estimate of drug-likeness (QED) is 0.0960. The van der Waals surface area contributed by atoms with Gasteiger partial charge in [0.1, 0.15) is 17.8 Å². The molecule has 4 heterocycles. The number of nitrogens with one attached hydrogen (secondary N) is 3. The number of nitrogens with two attached hydrogens (primary N) is 1. The van der Waals surface area contributed by atoms with E-state index in [1.807, 2.05) is 41.3 Å². The van der Waals surface area contributed by atoms with Gasteiger partial charge in [-0.15, -0.1) is 0 Å². The molecular formula is C38H50Br2N9O9P. The second-order valence-corrected chi connectivity index (χ2v) is 17.2. The van der Waals surface area contributed by atoms with E-state index in [9.17, 15) is 24.3 Å². The van der Waals surface area contributed by atoms with Gasteiger partial charge >= 0.3 is 19.9 Å². The van der Waals surface area contributed by atoms with Crippen molar-refractivity contribution in [3.8, 4) is 5.75 Å². The van der Waals surface area contributed by atoms with Crippen molar-refractivity contribution in [2.45, 2.75) is 63.2 Å². The van der Waals surface area contributed by atoms with Crippen LogP contribution in [0, 0.1) is 0 Å². The maximum absolute atomic E-state index is 14.2. The summed E-state index contributed by atoms with van der Waals surface area (Å²) in [4.78, 5) is 88.1. The van der Waals surface area contributed by atoms with Gasteiger partial charge in [0.25, 0.3) is 0 Å². The van der Waals surface area contributed by atoms with E-state index in [2.05, 4.69) is 57.7 Å². The van der Waals surface area contributed by atoms with Crippen LogP contribution in [0.5, 0.6) is 5.75 Å². The van der Waals surface area contributed by atoms with Crippen LogP contribution in [0.3, 0.4) is 0 Å². The number of carbonyl (C=O) groups excluding carboxylic acids is 4. The highest BCUT2D eigenvalue weighted by Crippen LogP contribution is 2.34. The fourth-order valence-electron chi connectivity index (χ4n) is 7.30. The summed E-state index contributed by atoms with van der Waals surface area (Å²) < 4.78 is 9.75. The monoisotopic (exact) mass is 965 g/mol. The van der Waals surface area contributed by atoms with Crippen LogP contribution in [-0.4, -0.2) is 127 Å². The summed E-state index contributed by atoms with van der Waals surface area (Å²) in [6, 6.07) is 12.6. The summed E-state index contributed by atoms with van der Waals surface area (Å²) in [6.07, 6.45) is 6.53. The second kappa shape index (κ2) is 21.3. The molecule has 2 fully saturated rings. The number of anilines is 2. The Hall–Kier alpha value is -4.30. The van der Waals surface area contributed by atoms with Gasteiger partial charge < -0.3 is 61.1 Å². The summed E-state index contributed by atoms with van der Waals surface area (Å²) in [5, 5.41) is 19.2. The molecule has 3 aliphatic rings. The van der Waals surface area contributed by atoms with Gasteiger partial charge in [-0.2, -0.15) is 0 Å². The summed E-state index contributed by atoms with van der Waals surface area (Å²) in [5.74, 6) is -0.628. The number of halogens is 2. The van der Waals surface area contributed by atoms with E-state index in [0.717, 1.165) is 16.9 Å². The Balaban J connectivity index is 0.00000125. The third kappa shape index (κ3) is 13.3. The third-order valence-electron chi connectivity index (χ3n) is 10.4. The number of phosphoric acid groups is 1. The fourth-order valence-corrected chi connectivity index (χ4v) is 8.58. The molecule has 2 aromatic carbocycles. The lowest BCUT2D eigenvalue weighted by molar-refractivity contribution is -0.137. The van der Waals surface area contributed by atoms with Crippen LogP contribution in [-0.2, 0) is 27.1 Å². The maximum Gasteiger partial charge on any atom is 0.466 e. The van der Waals surface area contributed by atoms with E-state index in [-0.39, 0.29) is 30.2 Å². The Morgan fingerprint density at radius 2 is 1.53 bits per heavy atom. The minimum Gasteiger partial charge on any atom is -0.506 e.